The number of imidazole rings is 1. The highest BCUT2D eigenvalue weighted by atomic mass is 15.2. The maximum absolute atomic E-state index is 4.64. The Hall–Kier alpha value is -2.89. The van der Waals surface area contributed by atoms with Crippen LogP contribution in [0.2, 0.25) is 0 Å². The summed E-state index contributed by atoms with van der Waals surface area (Å²) in [6.07, 6.45) is 2.66. The predicted molar refractivity (Wildman–Crippen MR) is 106 cm³/mol. The normalized spacial score (nSPS) is 11.7. The molecule has 0 radical (unpaired) electrons. The van der Waals surface area contributed by atoms with Crippen LogP contribution in [-0.2, 0) is 13.0 Å². The molecule has 2 aromatic heterocycles. The molecule has 3 rings (SSSR count). The summed E-state index contributed by atoms with van der Waals surface area (Å²) in [7, 11) is 0. The van der Waals surface area contributed by atoms with E-state index in [2.05, 4.69) is 55.3 Å². The number of fused-ring (bicyclic) bond motifs is 1. The number of aryl methyl sites for hydroxylation is 1. The van der Waals surface area contributed by atoms with Crippen molar-refractivity contribution in [3.63, 3.8) is 0 Å². The fourth-order valence-corrected chi connectivity index (χ4v) is 2.93. The van der Waals surface area contributed by atoms with Crippen LogP contribution in [0.4, 0.5) is 0 Å². The van der Waals surface area contributed by atoms with E-state index in [1.165, 1.54) is 5.52 Å². The number of nitrogens with one attached hydrogen (secondary N) is 2. The summed E-state index contributed by atoms with van der Waals surface area (Å²) in [5.41, 5.74) is 3.28. The maximum atomic E-state index is 4.64. The van der Waals surface area contributed by atoms with Crippen molar-refractivity contribution >= 4 is 17.0 Å². The van der Waals surface area contributed by atoms with Crippen LogP contribution in [0.25, 0.3) is 11.0 Å². The summed E-state index contributed by atoms with van der Waals surface area (Å²) in [6.45, 7) is 7.30. The number of benzene rings is 1. The van der Waals surface area contributed by atoms with Gasteiger partial charge in [0.05, 0.1) is 11.0 Å². The molecule has 0 spiro atoms. The third-order valence-corrected chi connectivity index (χ3v) is 4.18. The SMILES string of the molecule is CCNC(=NCCc1ccccn1)NCCn1c(C)nc2ccccc21. The fraction of sp³-hybridized carbons (Fsp3) is 0.350. The van der Waals surface area contributed by atoms with E-state index in [1.807, 2.05) is 37.4 Å². The molecule has 2 heterocycles. The van der Waals surface area contributed by atoms with Crippen LogP contribution in [0.5, 0.6) is 0 Å². The molecule has 0 saturated heterocycles. The molecule has 0 bridgehead atoms. The topological polar surface area (TPSA) is 67.1 Å². The van der Waals surface area contributed by atoms with Gasteiger partial charge in [-0.25, -0.2) is 4.98 Å². The first kappa shape index (κ1) is 17.9. The molecule has 136 valence electrons. The summed E-state index contributed by atoms with van der Waals surface area (Å²) in [4.78, 5) is 13.6. The largest absolute Gasteiger partial charge is 0.357 e. The quantitative estimate of drug-likeness (QED) is 0.508. The zero-order chi connectivity index (χ0) is 18.2. The molecule has 0 atom stereocenters. The second kappa shape index (κ2) is 8.99. The van der Waals surface area contributed by atoms with Crippen molar-refractivity contribution in [3.05, 3.63) is 60.2 Å². The maximum Gasteiger partial charge on any atom is 0.191 e. The molecule has 0 fully saturated rings. The standard InChI is InChI=1S/C20H26N6/c1-3-21-20(23-13-11-17-8-6-7-12-22-17)24-14-15-26-16(2)25-18-9-4-5-10-19(18)26/h4-10,12H,3,11,13-15H2,1-2H3,(H2,21,23,24). The fourth-order valence-electron chi connectivity index (χ4n) is 2.93. The Morgan fingerprint density at radius 1 is 1.12 bits per heavy atom. The smallest absolute Gasteiger partial charge is 0.191 e. The van der Waals surface area contributed by atoms with Crippen molar-refractivity contribution in [2.75, 3.05) is 19.6 Å². The van der Waals surface area contributed by atoms with E-state index >= 15 is 0 Å². The zero-order valence-electron chi connectivity index (χ0n) is 15.4. The minimum atomic E-state index is 0.708. The molecule has 3 aromatic rings. The van der Waals surface area contributed by atoms with Gasteiger partial charge in [0.2, 0.25) is 0 Å². The Labute approximate surface area is 154 Å². The molecule has 1 aromatic carbocycles. The van der Waals surface area contributed by atoms with Crippen LogP contribution in [0.1, 0.15) is 18.4 Å². The molecule has 0 amide bonds. The highest BCUT2D eigenvalue weighted by molar-refractivity contribution is 5.79. The predicted octanol–water partition coefficient (Wildman–Crippen LogP) is 2.54. The van der Waals surface area contributed by atoms with E-state index in [0.29, 0.717) is 6.54 Å². The lowest BCUT2D eigenvalue weighted by molar-refractivity contribution is 0.660. The van der Waals surface area contributed by atoms with Crippen LogP contribution in [0.3, 0.4) is 0 Å². The first-order valence-electron chi connectivity index (χ1n) is 9.12. The highest BCUT2D eigenvalue weighted by Crippen LogP contribution is 2.14. The van der Waals surface area contributed by atoms with Gasteiger partial charge < -0.3 is 15.2 Å². The van der Waals surface area contributed by atoms with Crippen molar-refractivity contribution in [1.29, 1.82) is 0 Å². The monoisotopic (exact) mass is 350 g/mol. The molecule has 6 heteroatoms. The lowest BCUT2D eigenvalue weighted by Crippen LogP contribution is -2.39. The number of pyridine rings is 1. The minimum absolute atomic E-state index is 0.708. The lowest BCUT2D eigenvalue weighted by Gasteiger charge is -2.13. The second-order valence-corrected chi connectivity index (χ2v) is 6.06. The van der Waals surface area contributed by atoms with Gasteiger partial charge in [0.15, 0.2) is 5.96 Å². The summed E-state index contributed by atoms with van der Waals surface area (Å²) in [5.74, 6) is 1.87. The molecule has 2 N–H and O–H groups in total. The Balaban J connectivity index is 1.56. The highest BCUT2D eigenvalue weighted by Gasteiger charge is 2.06. The Kier molecular flexibility index (Phi) is 6.19. The van der Waals surface area contributed by atoms with Crippen LogP contribution in [-0.4, -0.2) is 40.1 Å². The number of rotatable bonds is 7. The molecule has 0 unspecified atom stereocenters. The average molecular weight is 350 g/mol. The number of aromatic nitrogens is 3. The number of nitrogens with zero attached hydrogens (tertiary/aromatic N) is 4. The van der Waals surface area contributed by atoms with Gasteiger partial charge in [-0.3, -0.25) is 9.98 Å². The molecule has 0 aliphatic carbocycles. The number of guanidine groups is 1. The van der Waals surface area contributed by atoms with E-state index in [0.717, 1.165) is 49.0 Å². The average Bonchev–Trinajstić information content (AvgIpc) is 2.98. The number of aliphatic imine (C=N–C) groups is 1. The summed E-state index contributed by atoms with van der Waals surface area (Å²) in [6, 6.07) is 14.2. The first-order chi connectivity index (χ1) is 12.8. The number of hydrogen-bond acceptors (Lipinski definition) is 3. The molecular formula is C20H26N6. The molecule has 0 aliphatic heterocycles. The number of hydrogen-bond donors (Lipinski definition) is 2. The molecular weight excluding hydrogens is 324 g/mol. The van der Waals surface area contributed by atoms with Gasteiger partial charge in [-0.15, -0.1) is 0 Å². The lowest BCUT2D eigenvalue weighted by atomic mass is 10.3. The van der Waals surface area contributed by atoms with Crippen LogP contribution >= 0.6 is 0 Å². The number of para-hydroxylation sites is 2. The van der Waals surface area contributed by atoms with Crippen molar-refractivity contribution in [3.8, 4) is 0 Å². The molecule has 6 nitrogen and oxygen atoms in total. The van der Waals surface area contributed by atoms with E-state index in [1.54, 1.807) is 0 Å². The van der Waals surface area contributed by atoms with Gasteiger partial charge in [0.1, 0.15) is 5.82 Å². The van der Waals surface area contributed by atoms with Crippen LogP contribution in [0, 0.1) is 6.92 Å². The van der Waals surface area contributed by atoms with E-state index < -0.39 is 0 Å². The molecule has 0 saturated carbocycles. The van der Waals surface area contributed by atoms with Crippen molar-refractivity contribution < 1.29 is 0 Å². The summed E-state index contributed by atoms with van der Waals surface area (Å²) < 4.78 is 2.24. The zero-order valence-corrected chi connectivity index (χ0v) is 15.4. The van der Waals surface area contributed by atoms with Gasteiger partial charge in [0.25, 0.3) is 0 Å². The minimum Gasteiger partial charge on any atom is -0.357 e. The van der Waals surface area contributed by atoms with Crippen LogP contribution in [0.15, 0.2) is 53.7 Å². The van der Waals surface area contributed by atoms with Crippen molar-refractivity contribution in [1.82, 2.24) is 25.2 Å². The van der Waals surface area contributed by atoms with Gasteiger partial charge in [-0.05, 0) is 38.1 Å². The second-order valence-electron chi connectivity index (χ2n) is 6.06. The van der Waals surface area contributed by atoms with E-state index in [4.69, 9.17) is 0 Å². The third kappa shape index (κ3) is 4.59. The summed E-state index contributed by atoms with van der Waals surface area (Å²) >= 11 is 0. The van der Waals surface area contributed by atoms with Crippen molar-refractivity contribution in [2.45, 2.75) is 26.8 Å². The molecule has 26 heavy (non-hydrogen) atoms. The van der Waals surface area contributed by atoms with E-state index in [-0.39, 0.29) is 0 Å². The first-order valence-corrected chi connectivity index (χ1v) is 9.12. The van der Waals surface area contributed by atoms with E-state index in [9.17, 15) is 0 Å². The van der Waals surface area contributed by atoms with Crippen molar-refractivity contribution in [2.24, 2.45) is 4.99 Å². The van der Waals surface area contributed by atoms with Gasteiger partial charge >= 0.3 is 0 Å². The third-order valence-electron chi connectivity index (χ3n) is 4.18. The Morgan fingerprint density at radius 2 is 1.96 bits per heavy atom. The van der Waals surface area contributed by atoms with Gasteiger partial charge in [-0.1, -0.05) is 18.2 Å². The van der Waals surface area contributed by atoms with Gasteiger partial charge in [-0.2, -0.15) is 0 Å². The Morgan fingerprint density at radius 3 is 2.77 bits per heavy atom. The Bertz CT molecular complexity index is 853. The summed E-state index contributed by atoms with van der Waals surface area (Å²) in [5, 5.41) is 6.70. The molecule has 0 aliphatic rings. The van der Waals surface area contributed by atoms with Gasteiger partial charge in [0, 0.05) is 44.5 Å². The van der Waals surface area contributed by atoms with Crippen LogP contribution < -0.4 is 10.6 Å².